The third-order valence-electron chi connectivity index (χ3n) is 5.05. The molecule has 0 radical (unpaired) electrons. The molecule has 24 heavy (non-hydrogen) atoms. The van der Waals surface area contributed by atoms with Crippen LogP contribution in [0, 0.1) is 5.92 Å². The standard InChI is InChI=1S/C22H41NS/c1-3-5-7-9-11-13-15-21(16-14-12-10-8-6-4-2)19-23-22-17-18-24-20-22/h17-18,20-21,23H,3-16,19H2,1-2H3. The van der Waals surface area contributed by atoms with Gasteiger partial charge in [-0.2, -0.15) is 11.3 Å². The minimum atomic E-state index is 0.863. The smallest absolute Gasteiger partial charge is 0.0448 e. The third-order valence-corrected chi connectivity index (χ3v) is 5.73. The van der Waals surface area contributed by atoms with Crippen LogP contribution in [-0.2, 0) is 0 Å². The van der Waals surface area contributed by atoms with Crippen molar-refractivity contribution in [3.8, 4) is 0 Å². The molecule has 1 N–H and O–H groups in total. The van der Waals surface area contributed by atoms with E-state index >= 15 is 0 Å². The first kappa shape index (κ1) is 21.5. The first-order chi connectivity index (χ1) is 11.9. The van der Waals surface area contributed by atoms with E-state index in [-0.39, 0.29) is 0 Å². The molecule has 0 spiro atoms. The normalized spacial score (nSPS) is 11.3. The summed E-state index contributed by atoms with van der Waals surface area (Å²) < 4.78 is 0. The van der Waals surface area contributed by atoms with Crippen molar-refractivity contribution in [1.82, 2.24) is 0 Å². The fourth-order valence-electron chi connectivity index (χ4n) is 3.40. The minimum Gasteiger partial charge on any atom is -0.384 e. The predicted molar refractivity (Wildman–Crippen MR) is 112 cm³/mol. The number of nitrogens with one attached hydrogen (secondary N) is 1. The molecule has 0 atom stereocenters. The van der Waals surface area contributed by atoms with Crippen LogP contribution >= 0.6 is 11.3 Å². The molecule has 1 rings (SSSR count). The SMILES string of the molecule is CCCCCCCCC(CCCCCCCC)CNc1ccsc1. The number of hydrogen-bond donors (Lipinski definition) is 1. The van der Waals surface area contributed by atoms with Crippen LogP contribution < -0.4 is 5.32 Å². The Balaban J connectivity index is 2.16. The average Bonchev–Trinajstić information content (AvgIpc) is 3.11. The van der Waals surface area contributed by atoms with Gasteiger partial charge in [0.15, 0.2) is 0 Å². The van der Waals surface area contributed by atoms with Gasteiger partial charge in [-0.1, -0.05) is 90.9 Å². The van der Waals surface area contributed by atoms with Gasteiger partial charge in [0, 0.05) is 17.6 Å². The summed E-state index contributed by atoms with van der Waals surface area (Å²) in [6.07, 6.45) is 19.8. The van der Waals surface area contributed by atoms with E-state index < -0.39 is 0 Å². The maximum absolute atomic E-state index is 3.66. The second-order valence-corrected chi connectivity index (χ2v) is 8.15. The molecule has 0 fully saturated rings. The van der Waals surface area contributed by atoms with Gasteiger partial charge in [-0.15, -0.1) is 0 Å². The average molecular weight is 352 g/mol. The maximum Gasteiger partial charge on any atom is 0.0448 e. The molecular formula is C22H41NS. The molecule has 1 nitrogen and oxygen atoms in total. The van der Waals surface area contributed by atoms with E-state index in [1.807, 2.05) is 0 Å². The van der Waals surface area contributed by atoms with E-state index in [0.717, 1.165) is 5.92 Å². The zero-order valence-corrected chi connectivity index (χ0v) is 17.1. The summed E-state index contributed by atoms with van der Waals surface area (Å²) in [5, 5.41) is 8.05. The van der Waals surface area contributed by atoms with Crippen molar-refractivity contribution in [2.24, 2.45) is 5.92 Å². The molecule has 2 heteroatoms. The Labute approximate surface area is 155 Å². The van der Waals surface area contributed by atoms with Crippen molar-refractivity contribution < 1.29 is 0 Å². The summed E-state index contributed by atoms with van der Waals surface area (Å²) in [5.41, 5.74) is 1.32. The van der Waals surface area contributed by atoms with E-state index in [0.29, 0.717) is 0 Å². The lowest BCUT2D eigenvalue weighted by atomic mass is 9.94. The molecule has 1 heterocycles. The second kappa shape index (κ2) is 16.0. The van der Waals surface area contributed by atoms with Crippen LogP contribution in [0.15, 0.2) is 16.8 Å². The molecular weight excluding hydrogens is 310 g/mol. The first-order valence-corrected chi connectivity index (χ1v) is 11.6. The third kappa shape index (κ3) is 11.9. The Morgan fingerprint density at radius 3 is 1.83 bits per heavy atom. The Kier molecular flexibility index (Phi) is 14.4. The summed E-state index contributed by atoms with van der Waals surface area (Å²) in [7, 11) is 0. The lowest BCUT2D eigenvalue weighted by Crippen LogP contribution is -2.14. The monoisotopic (exact) mass is 351 g/mol. The number of rotatable bonds is 17. The van der Waals surface area contributed by atoms with Crippen molar-refractivity contribution in [2.75, 3.05) is 11.9 Å². The van der Waals surface area contributed by atoms with Crippen LogP contribution in [0.2, 0.25) is 0 Å². The number of thiophene rings is 1. The first-order valence-electron chi connectivity index (χ1n) is 10.6. The van der Waals surface area contributed by atoms with Crippen LogP contribution in [0.4, 0.5) is 5.69 Å². The van der Waals surface area contributed by atoms with E-state index in [1.165, 1.54) is 102 Å². The number of unbranched alkanes of at least 4 members (excludes halogenated alkanes) is 10. The predicted octanol–water partition coefficient (Wildman–Crippen LogP) is 8.28. The highest BCUT2D eigenvalue weighted by atomic mass is 32.1. The van der Waals surface area contributed by atoms with Gasteiger partial charge in [0.2, 0.25) is 0 Å². The second-order valence-electron chi connectivity index (χ2n) is 7.37. The Morgan fingerprint density at radius 1 is 0.792 bits per heavy atom. The van der Waals surface area contributed by atoms with Crippen molar-refractivity contribution in [1.29, 1.82) is 0 Å². The Bertz CT molecular complexity index is 331. The zero-order valence-electron chi connectivity index (χ0n) is 16.3. The summed E-state index contributed by atoms with van der Waals surface area (Å²) in [6.45, 7) is 5.76. The van der Waals surface area contributed by atoms with Crippen LogP contribution in [0.3, 0.4) is 0 Å². The van der Waals surface area contributed by atoms with Gasteiger partial charge in [0.1, 0.15) is 0 Å². The molecule has 0 amide bonds. The van der Waals surface area contributed by atoms with Crippen molar-refractivity contribution >= 4 is 17.0 Å². The maximum atomic E-state index is 3.66. The van der Waals surface area contributed by atoms with Crippen LogP contribution in [-0.4, -0.2) is 6.54 Å². The topological polar surface area (TPSA) is 12.0 Å². The van der Waals surface area contributed by atoms with Crippen LogP contribution in [0.25, 0.3) is 0 Å². The quantitative estimate of drug-likeness (QED) is 0.278. The van der Waals surface area contributed by atoms with Gasteiger partial charge < -0.3 is 5.32 Å². The fraction of sp³-hybridized carbons (Fsp3) is 0.818. The van der Waals surface area contributed by atoms with E-state index in [1.54, 1.807) is 11.3 Å². The molecule has 0 saturated carbocycles. The molecule has 1 aromatic rings. The largest absolute Gasteiger partial charge is 0.384 e. The van der Waals surface area contributed by atoms with Gasteiger partial charge in [0.25, 0.3) is 0 Å². The fourth-order valence-corrected chi connectivity index (χ4v) is 4.01. The molecule has 1 aromatic heterocycles. The lowest BCUT2D eigenvalue weighted by Gasteiger charge is -2.18. The molecule has 140 valence electrons. The van der Waals surface area contributed by atoms with Crippen molar-refractivity contribution in [3.05, 3.63) is 16.8 Å². The molecule has 0 aliphatic carbocycles. The Morgan fingerprint density at radius 2 is 1.33 bits per heavy atom. The highest BCUT2D eigenvalue weighted by Gasteiger charge is 2.09. The summed E-state index contributed by atoms with van der Waals surface area (Å²) in [4.78, 5) is 0. The molecule has 0 aromatic carbocycles. The van der Waals surface area contributed by atoms with Crippen LogP contribution in [0.5, 0.6) is 0 Å². The zero-order chi connectivity index (χ0) is 17.3. The molecule has 0 bridgehead atoms. The molecule has 0 saturated heterocycles. The molecule has 0 aliphatic rings. The van der Waals surface area contributed by atoms with Gasteiger partial charge in [-0.3, -0.25) is 0 Å². The van der Waals surface area contributed by atoms with Crippen LogP contribution in [0.1, 0.15) is 104 Å². The van der Waals surface area contributed by atoms with Gasteiger partial charge >= 0.3 is 0 Å². The minimum absolute atomic E-state index is 0.863. The number of hydrogen-bond acceptors (Lipinski definition) is 2. The van der Waals surface area contributed by atoms with E-state index in [9.17, 15) is 0 Å². The summed E-state index contributed by atoms with van der Waals surface area (Å²) in [6, 6.07) is 2.21. The number of anilines is 1. The van der Waals surface area contributed by atoms with E-state index in [4.69, 9.17) is 0 Å². The summed E-state index contributed by atoms with van der Waals surface area (Å²) in [5.74, 6) is 0.863. The van der Waals surface area contributed by atoms with Gasteiger partial charge in [0.05, 0.1) is 0 Å². The van der Waals surface area contributed by atoms with E-state index in [2.05, 4.69) is 36.0 Å². The molecule has 0 aliphatic heterocycles. The van der Waals surface area contributed by atoms with Gasteiger partial charge in [-0.25, -0.2) is 0 Å². The summed E-state index contributed by atoms with van der Waals surface area (Å²) >= 11 is 1.79. The highest BCUT2D eigenvalue weighted by Crippen LogP contribution is 2.21. The Hall–Kier alpha value is -0.500. The van der Waals surface area contributed by atoms with Crippen molar-refractivity contribution in [2.45, 2.75) is 104 Å². The highest BCUT2D eigenvalue weighted by molar-refractivity contribution is 7.08. The lowest BCUT2D eigenvalue weighted by molar-refractivity contribution is 0.418. The van der Waals surface area contributed by atoms with Gasteiger partial charge in [-0.05, 0) is 30.2 Å². The van der Waals surface area contributed by atoms with Crippen molar-refractivity contribution in [3.63, 3.8) is 0 Å². The molecule has 0 unspecified atom stereocenters.